The van der Waals surface area contributed by atoms with Crippen LogP contribution < -0.4 is 5.73 Å². The molecule has 0 aromatic heterocycles. The first-order chi connectivity index (χ1) is 7.66. The third kappa shape index (κ3) is 2.71. The molecule has 16 heavy (non-hydrogen) atoms. The summed E-state index contributed by atoms with van der Waals surface area (Å²) in [5, 5.41) is 1.11. The van der Waals surface area contributed by atoms with Gasteiger partial charge in [0.05, 0.1) is 6.10 Å². The number of rotatable bonds is 3. The lowest BCUT2D eigenvalue weighted by atomic mass is 10.1. The van der Waals surface area contributed by atoms with Gasteiger partial charge in [-0.05, 0) is 38.0 Å². The molecule has 2 rings (SSSR count). The Bertz CT molecular complexity index is 356. The molecule has 3 atom stereocenters. The van der Waals surface area contributed by atoms with Crippen molar-refractivity contribution in [1.29, 1.82) is 0 Å². The molecule has 1 aromatic rings. The molecule has 2 N–H and O–H groups in total. The van der Waals surface area contributed by atoms with Gasteiger partial charge in [0.15, 0.2) is 0 Å². The van der Waals surface area contributed by atoms with Crippen molar-refractivity contribution in [3.05, 3.63) is 29.8 Å². The van der Waals surface area contributed by atoms with E-state index in [-0.39, 0.29) is 0 Å². The minimum absolute atomic E-state index is 0.383. The number of hydrogen-bond acceptors (Lipinski definition) is 3. The van der Waals surface area contributed by atoms with E-state index in [1.807, 2.05) is 23.9 Å². The van der Waals surface area contributed by atoms with Crippen LogP contribution in [0.2, 0.25) is 0 Å². The number of thioether (sulfide) groups is 1. The molecular formula is C13H19NOS. The van der Waals surface area contributed by atoms with Gasteiger partial charge in [-0.25, -0.2) is 0 Å². The van der Waals surface area contributed by atoms with Gasteiger partial charge in [0.1, 0.15) is 0 Å². The SMILES string of the molecule is CC(SC1CCOC1C)c1cccc(N)c1. The van der Waals surface area contributed by atoms with Crippen LogP contribution in [0.5, 0.6) is 0 Å². The second-order valence-electron chi connectivity index (χ2n) is 4.35. The fraction of sp³-hybridized carbons (Fsp3) is 0.538. The number of nitrogen functional groups attached to an aromatic ring is 1. The van der Waals surface area contributed by atoms with E-state index in [2.05, 4.69) is 26.0 Å². The standard InChI is InChI=1S/C13H19NOS/c1-9-13(6-7-15-9)16-10(2)11-4-3-5-12(14)8-11/h3-5,8-10,13H,6-7,14H2,1-2H3. The van der Waals surface area contributed by atoms with Gasteiger partial charge < -0.3 is 10.5 Å². The first-order valence-electron chi connectivity index (χ1n) is 5.79. The molecule has 0 saturated carbocycles. The van der Waals surface area contributed by atoms with Crippen molar-refractivity contribution in [1.82, 2.24) is 0 Å². The Morgan fingerprint density at radius 2 is 2.31 bits per heavy atom. The molecule has 1 aliphatic rings. The topological polar surface area (TPSA) is 35.2 Å². The highest BCUT2D eigenvalue weighted by molar-refractivity contribution is 8.00. The molecule has 1 aromatic carbocycles. The van der Waals surface area contributed by atoms with E-state index in [9.17, 15) is 0 Å². The zero-order chi connectivity index (χ0) is 11.5. The zero-order valence-electron chi connectivity index (χ0n) is 9.85. The molecular weight excluding hydrogens is 218 g/mol. The quantitative estimate of drug-likeness (QED) is 0.820. The van der Waals surface area contributed by atoms with Gasteiger partial charge in [-0.3, -0.25) is 0 Å². The lowest BCUT2D eigenvalue weighted by Gasteiger charge is -2.19. The van der Waals surface area contributed by atoms with Crippen LogP contribution in [0.15, 0.2) is 24.3 Å². The molecule has 0 radical (unpaired) electrons. The third-order valence-corrected chi connectivity index (χ3v) is 4.71. The number of ether oxygens (including phenoxy) is 1. The molecule has 88 valence electrons. The van der Waals surface area contributed by atoms with E-state index in [1.54, 1.807) is 0 Å². The van der Waals surface area contributed by atoms with Crippen molar-refractivity contribution in [3.63, 3.8) is 0 Å². The third-order valence-electron chi connectivity index (χ3n) is 3.07. The first kappa shape index (κ1) is 11.8. The fourth-order valence-corrected chi connectivity index (χ4v) is 3.40. The van der Waals surface area contributed by atoms with Crippen LogP contribution in [0.3, 0.4) is 0 Å². The molecule has 3 unspecified atom stereocenters. The molecule has 0 amide bonds. The van der Waals surface area contributed by atoms with Crippen LogP contribution >= 0.6 is 11.8 Å². The summed E-state index contributed by atoms with van der Waals surface area (Å²) in [7, 11) is 0. The molecule has 1 saturated heterocycles. The molecule has 2 nitrogen and oxygen atoms in total. The monoisotopic (exact) mass is 237 g/mol. The molecule has 0 spiro atoms. The van der Waals surface area contributed by atoms with E-state index >= 15 is 0 Å². The van der Waals surface area contributed by atoms with Gasteiger partial charge in [-0.2, -0.15) is 0 Å². The van der Waals surface area contributed by atoms with Gasteiger partial charge in [0.2, 0.25) is 0 Å². The number of anilines is 1. The van der Waals surface area contributed by atoms with Crippen LogP contribution in [0.4, 0.5) is 5.69 Å². The second kappa shape index (κ2) is 5.11. The van der Waals surface area contributed by atoms with E-state index in [0.29, 0.717) is 16.6 Å². The molecule has 1 fully saturated rings. The average molecular weight is 237 g/mol. The molecule has 1 aliphatic heterocycles. The molecule has 0 bridgehead atoms. The van der Waals surface area contributed by atoms with Crippen LogP contribution in [0.25, 0.3) is 0 Å². The van der Waals surface area contributed by atoms with Crippen LogP contribution in [-0.2, 0) is 4.74 Å². The molecule has 0 aliphatic carbocycles. The lowest BCUT2D eigenvalue weighted by molar-refractivity contribution is 0.127. The van der Waals surface area contributed by atoms with Gasteiger partial charge >= 0.3 is 0 Å². The highest BCUT2D eigenvalue weighted by Gasteiger charge is 2.26. The van der Waals surface area contributed by atoms with Crippen molar-refractivity contribution in [2.75, 3.05) is 12.3 Å². The minimum atomic E-state index is 0.383. The van der Waals surface area contributed by atoms with E-state index < -0.39 is 0 Å². The Hall–Kier alpha value is -0.670. The van der Waals surface area contributed by atoms with E-state index in [0.717, 1.165) is 12.3 Å². The van der Waals surface area contributed by atoms with E-state index in [1.165, 1.54) is 12.0 Å². The summed E-state index contributed by atoms with van der Waals surface area (Å²) >= 11 is 2.00. The number of benzene rings is 1. The predicted molar refractivity (Wildman–Crippen MR) is 70.7 cm³/mol. The van der Waals surface area contributed by atoms with Crippen molar-refractivity contribution >= 4 is 17.4 Å². The summed E-state index contributed by atoms with van der Waals surface area (Å²) in [5.41, 5.74) is 7.96. The van der Waals surface area contributed by atoms with Crippen LogP contribution in [0.1, 0.15) is 31.1 Å². The average Bonchev–Trinajstić information content (AvgIpc) is 2.64. The normalized spacial score (nSPS) is 26.9. The Morgan fingerprint density at radius 1 is 1.50 bits per heavy atom. The fourth-order valence-electron chi connectivity index (χ4n) is 2.04. The van der Waals surface area contributed by atoms with Crippen LogP contribution in [0, 0.1) is 0 Å². The Morgan fingerprint density at radius 3 is 2.94 bits per heavy atom. The highest BCUT2D eigenvalue weighted by atomic mass is 32.2. The largest absolute Gasteiger partial charge is 0.399 e. The van der Waals surface area contributed by atoms with Crippen molar-refractivity contribution in [3.8, 4) is 0 Å². The van der Waals surface area contributed by atoms with Crippen molar-refractivity contribution in [2.24, 2.45) is 0 Å². The lowest BCUT2D eigenvalue weighted by Crippen LogP contribution is -2.14. The summed E-state index contributed by atoms with van der Waals surface area (Å²) in [6.45, 7) is 5.31. The second-order valence-corrected chi connectivity index (χ2v) is 5.94. The van der Waals surface area contributed by atoms with Gasteiger partial charge in [0.25, 0.3) is 0 Å². The van der Waals surface area contributed by atoms with Gasteiger partial charge in [-0.1, -0.05) is 12.1 Å². The summed E-state index contributed by atoms with van der Waals surface area (Å²) in [5.74, 6) is 0. The van der Waals surface area contributed by atoms with E-state index in [4.69, 9.17) is 10.5 Å². The summed E-state index contributed by atoms with van der Waals surface area (Å²) in [6.07, 6.45) is 1.55. The van der Waals surface area contributed by atoms with Gasteiger partial charge in [0, 0.05) is 22.8 Å². The Kier molecular flexibility index (Phi) is 3.77. The molecule has 3 heteroatoms. The Balaban J connectivity index is 1.99. The smallest absolute Gasteiger partial charge is 0.0666 e. The maximum Gasteiger partial charge on any atom is 0.0666 e. The maximum absolute atomic E-state index is 5.80. The Labute approximate surface area is 102 Å². The maximum atomic E-state index is 5.80. The first-order valence-corrected chi connectivity index (χ1v) is 6.73. The summed E-state index contributed by atoms with van der Waals surface area (Å²) in [6, 6.07) is 8.17. The predicted octanol–water partition coefficient (Wildman–Crippen LogP) is 3.24. The highest BCUT2D eigenvalue weighted by Crippen LogP contribution is 2.37. The van der Waals surface area contributed by atoms with Crippen molar-refractivity contribution < 1.29 is 4.74 Å². The van der Waals surface area contributed by atoms with Crippen molar-refractivity contribution in [2.45, 2.75) is 36.9 Å². The zero-order valence-corrected chi connectivity index (χ0v) is 10.7. The summed E-state index contributed by atoms with van der Waals surface area (Å²) in [4.78, 5) is 0. The number of hydrogen-bond donors (Lipinski definition) is 1. The number of nitrogens with two attached hydrogens (primary N) is 1. The molecule has 1 heterocycles. The minimum Gasteiger partial charge on any atom is -0.399 e. The van der Waals surface area contributed by atoms with Crippen LogP contribution in [-0.4, -0.2) is 18.0 Å². The van der Waals surface area contributed by atoms with Gasteiger partial charge in [-0.15, -0.1) is 11.8 Å². The summed E-state index contributed by atoms with van der Waals surface area (Å²) < 4.78 is 5.58.